The standard InChI is InChI=1S/C18H20N4O3/c1-13(23)20-14-2-4-15(5-3-14)21-16-6-7-19-17(12-16)18(24)22-8-10-25-11-9-22/h2-7,12H,8-11H2,1H3,(H,19,21)(H,20,23). The summed E-state index contributed by atoms with van der Waals surface area (Å²) in [6.07, 6.45) is 1.61. The lowest BCUT2D eigenvalue weighted by Gasteiger charge is -2.26. The molecule has 1 aliphatic rings. The highest BCUT2D eigenvalue weighted by Crippen LogP contribution is 2.20. The number of carbonyl (C=O) groups excluding carboxylic acids is 2. The normalized spacial score (nSPS) is 14.0. The Morgan fingerprint density at radius 2 is 1.72 bits per heavy atom. The summed E-state index contributed by atoms with van der Waals surface area (Å²) in [6.45, 7) is 3.76. The van der Waals surface area contributed by atoms with E-state index < -0.39 is 0 Å². The Kier molecular flexibility index (Phi) is 5.25. The van der Waals surface area contributed by atoms with Crippen molar-refractivity contribution < 1.29 is 14.3 Å². The van der Waals surface area contributed by atoms with Gasteiger partial charge in [-0.15, -0.1) is 0 Å². The van der Waals surface area contributed by atoms with Gasteiger partial charge >= 0.3 is 0 Å². The molecule has 0 unspecified atom stereocenters. The van der Waals surface area contributed by atoms with Crippen molar-refractivity contribution in [3.05, 3.63) is 48.3 Å². The summed E-state index contributed by atoms with van der Waals surface area (Å²) in [5, 5.41) is 5.95. The second-order valence-electron chi connectivity index (χ2n) is 5.72. The summed E-state index contributed by atoms with van der Waals surface area (Å²) in [5.74, 6) is -0.200. The number of nitrogens with zero attached hydrogens (tertiary/aromatic N) is 2. The van der Waals surface area contributed by atoms with Crippen LogP contribution >= 0.6 is 0 Å². The minimum atomic E-state index is -0.110. The van der Waals surface area contributed by atoms with Crippen molar-refractivity contribution in [1.82, 2.24) is 9.88 Å². The number of anilines is 3. The van der Waals surface area contributed by atoms with Gasteiger partial charge in [-0.05, 0) is 36.4 Å². The Bertz CT molecular complexity index is 755. The number of carbonyl (C=O) groups is 2. The molecule has 0 atom stereocenters. The van der Waals surface area contributed by atoms with E-state index in [9.17, 15) is 9.59 Å². The minimum Gasteiger partial charge on any atom is -0.378 e. The monoisotopic (exact) mass is 340 g/mol. The molecule has 2 N–H and O–H groups in total. The van der Waals surface area contributed by atoms with Crippen LogP contribution in [0.4, 0.5) is 17.1 Å². The van der Waals surface area contributed by atoms with E-state index in [-0.39, 0.29) is 11.8 Å². The summed E-state index contributed by atoms with van der Waals surface area (Å²) in [6, 6.07) is 10.9. The fourth-order valence-electron chi connectivity index (χ4n) is 2.56. The Hall–Kier alpha value is -2.93. The second kappa shape index (κ2) is 7.76. The molecule has 2 heterocycles. The first-order valence-corrected chi connectivity index (χ1v) is 8.09. The molecule has 2 amide bonds. The molecule has 1 aromatic heterocycles. The fraction of sp³-hybridized carbons (Fsp3) is 0.278. The van der Waals surface area contributed by atoms with Crippen LogP contribution in [0.2, 0.25) is 0 Å². The zero-order chi connectivity index (χ0) is 17.6. The number of aromatic nitrogens is 1. The number of pyridine rings is 1. The van der Waals surface area contributed by atoms with Crippen LogP contribution in [0.15, 0.2) is 42.6 Å². The van der Waals surface area contributed by atoms with Crippen molar-refractivity contribution in [3.8, 4) is 0 Å². The van der Waals surface area contributed by atoms with Crippen LogP contribution in [0.1, 0.15) is 17.4 Å². The maximum atomic E-state index is 12.5. The first kappa shape index (κ1) is 16.9. The zero-order valence-electron chi connectivity index (χ0n) is 14.0. The lowest BCUT2D eigenvalue weighted by molar-refractivity contribution is -0.114. The number of amides is 2. The molecule has 1 saturated heterocycles. The predicted octanol–water partition coefficient (Wildman–Crippen LogP) is 2.26. The molecule has 25 heavy (non-hydrogen) atoms. The summed E-state index contributed by atoms with van der Waals surface area (Å²) >= 11 is 0. The third-order valence-electron chi connectivity index (χ3n) is 3.77. The quantitative estimate of drug-likeness (QED) is 0.892. The van der Waals surface area contributed by atoms with Gasteiger partial charge in [-0.1, -0.05) is 0 Å². The highest BCUT2D eigenvalue weighted by Gasteiger charge is 2.19. The van der Waals surface area contributed by atoms with Crippen molar-refractivity contribution in [1.29, 1.82) is 0 Å². The predicted molar refractivity (Wildman–Crippen MR) is 95.0 cm³/mol. The molecule has 0 aliphatic carbocycles. The van der Waals surface area contributed by atoms with Crippen molar-refractivity contribution in [2.45, 2.75) is 6.92 Å². The molecule has 0 radical (unpaired) electrons. The number of benzene rings is 1. The van der Waals surface area contributed by atoms with Crippen LogP contribution in [-0.4, -0.2) is 48.0 Å². The summed E-state index contributed by atoms with van der Waals surface area (Å²) in [4.78, 5) is 29.5. The smallest absolute Gasteiger partial charge is 0.272 e. The van der Waals surface area contributed by atoms with Crippen molar-refractivity contribution >= 4 is 28.9 Å². The van der Waals surface area contributed by atoms with Gasteiger partial charge in [0.2, 0.25) is 5.91 Å². The zero-order valence-corrected chi connectivity index (χ0v) is 14.0. The number of nitrogens with one attached hydrogen (secondary N) is 2. The van der Waals surface area contributed by atoms with Gasteiger partial charge in [0.15, 0.2) is 0 Å². The lowest BCUT2D eigenvalue weighted by atomic mass is 10.2. The van der Waals surface area contributed by atoms with E-state index >= 15 is 0 Å². The Morgan fingerprint density at radius 3 is 2.40 bits per heavy atom. The Balaban J connectivity index is 1.68. The van der Waals surface area contributed by atoms with Gasteiger partial charge in [0.05, 0.1) is 13.2 Å². The van der Waals surface area contributed by atoms with E-state index in [1.54, 1.807) is 23.2 Å². The fourth-order valence-corrected chi connectivity index (χ4v) is 2.56. The molecular weight excluding hydrogens is 320 g/mol. The molecular formula is C18H20N4O3. The van der Waals surface area contributed by atoms with Crippen LogP contribution in [-0.2, 0) is 9.53 Å². The molecule has 7 heteroatoms. The number of ether oxygens (including phenoxy) is 1. The number of morpholine rings is 1. The molecule has 130 valence electrons. The molecule has 0 bridgehead atoms. The lowest BCUT2D eigenvalue weighted by Crippen LogP contribution is -2.41. The maximum absolute atomic E-state index is 12.5. The summed E-state index contributed by atoms with van der Waals surface area (Å²) < 4.78 is 5.27. The van der Waals surface area contributed by atoms with Crippen molar-refractivity contribution in [2.75, 3.05) is 36.9 Å². The molecule has 0 spiro atoms. The maximum Gasteiger partial charge on any atom is 0.272 e. The SMILES string of the molecule is CC(=O)Nc1ccc(Nc2ccnc(C(=O)N3CCOCC3)c2)cc1. The van der Waals surface area contributed by atoms with E-state index in [2.05, 4.69) is 15.6 Å². The first-order chi connectivity index (χ1) is 12.1. The topological polar surface area (TPSA) is 83.6 Å². The minimum absolute atomic E-state index is 0.0899. The highest BCUT2D eigenvalue weighted by molar-refractivity contribution is 5.93. The van der Waals surface area contributed by atoms with Gasteiger partial charge < -0.3 is 20.3 Å². The second-order valence-corrected chi connectivity index (χ2v) is 5.72. The van der Waals surface area contributed by atoms with E-state index in [4.69, 9.17) is 4.74 Å². The van der Waals surface area contributed by atoms with Gasteiger partial charge in [0.25, 0.3) is 5.91 Å². The van der Waals surface area contributed by atoms with Crippen LogP contribution in [0.3, 0.4) is 0 Å². The van der Waals surface area contributed by atoms with E-state index in [0.29, 0.717) is 32.0 Å². The third-order valence-corrected chi connectivity index (χ3v) is 3.77. The molecule has 0 saturated carbocycles. The first-order valence-electron chi connectivity index (χ1n) is 8.09. The van der Waals surface area contributed by atoms with E-state index in [1.165, 1.54) is 6.92 Å². The Morgan fingerprint density at radius 1 is 1.04 bits per heavy atom. The molecule has 7 nitrogen and oxygen atoms in total. The summed E-state index contributed by atoms with van der Waals surface area (Å²) in [5.41, 5.74) is 2.77. The number of rotatable bonds is 4. The van der Waals surface area contributed by atoms with Gasteiger partial charge in [-0.3, -0.25) is 14.6 Å². The molecule has 3 rings (SSSR count). The average Bonchev–Trinajstić information content (AvgIpc) is 2.63. The molecule has 1 fully saturated rings. The van der Waals surface area contributed by atoms with Gasteiger partial charge in [0, 0.05) is 43.3 Å². The van der Waals surface area contributed by atoms with E-state index in [1.807, 2.05) is 24.3 Å². The van der Waals surface area contributed by atoms with Crippen LogP contribution in [0.5, 0.6) is 0 Å². The van der Waals surface area contributed by atoms with Crippen LogP contribution < -0.4 is 10.6 Å². The average molecular weight is 340 g/mol. The Labute approximate surface area is 146 Å². The highest BCUT2D eigenvalue weighted by atomic mass is 16.5. The number of hydrogen-bond donors (Lipinski definition) is 2. The van der Waals surface area contributed by atoms with Crippen molar-refractivity contribution in [2.24, 2.45) is 0 Å². The molecule has 2 aromatic rings. The van der Waals surface area contributed by atoms with Gasteiger partial charge in [0.1, 0.15) is 5.69 Å². The van der Waals surface area contributed by atoms with Crippen molar-refractivity contribution in [3.63, 3.8) is 0 Å². The van der Waals surface area contributed by atoms with Gasteiger partial charge in [-0.25, -0.2) is 0 Å². The molecule has 1 aliphatic heterocycles. The van der Waals surface area contributed by atoms with Crippen LogP contribution in [0, 0.1) is 0 Å². The van der Waals surface area contributed by atoms with Crippen LogP contribution in [0.25, 0.3) is 0 Å². The summed E-state index contributed by atoms with van der Waals surface area (Å²) in [7, 11) is 0. The molecule has 1 aromatic carbocycles. The third kappa shape index (κ3) is 4.54. The largest absolute Gasteiger partial charge is 0.378 e. The van der Waals surface area contributed by atoms with E-state index in [0.717, 1.165) is 17.1 Å². The van der Waals surface area contributed by atoms with Gasteiger partial charge in [-0.2, -0.15) is 0 Å². The number of hydrogen-bond acceptors (Lipinski definition) is 5.